The largest absolute Gasteiger partial charge is 0.457 e. The van der Waals surface area contributed by atoms with Crippen molar-refractivity contribution in [2.75, 3.05) is 13.8 Å². The topological polar surface area (TPSA) is 65.1 Å². The van der Waals surface area contributed by atoms with Gasteiger partial charge in [-0.1, -0.05) is 96.0 Å². The van der Waals surface area contributed by atoms with Crippen LogP contribution in [0.2, 0.25) is 10.0 Å². The van der Waals surface area contributed by atoms with E-state index in [1.54, 1.807) is 44.1 Å². The van der Waals surface area contributed by atoms with Crippen molar-refractivity contribution in [3.8, 4) is 0 Å². The van der Waals surface area contributed by atoms with Crippen molar-refractivity contribution in [3.05, 3.63) is 128 Å². The lowest BCUT2D eigenvalue weighted by Crippen LogP contribution is -2.36. The molecule has 0 radical (unpaired) electrons. The number of carbonyl (C=O) groups is 2. The molecule has 0 atom stereocenters. The van der Waals surface area contributed by atoms with Crippen LogP contribution < -0.4 is 0 Å². The van der Waals surface area contributed by atoms with E-state index in [0.29, 0.717) is 22.0 Å². The molecule has 0 spiro atoms. The smallest absolute Gasteiger partial charge is 0.337 e. The van der Waals surface area contributed by atoms with Crippen molar-refractivity contribution in [2.45, 2.75) is 33.0 Å². The van der Waals surface area contributed by atoms with Gasteiger partial charge in [-0.2, -0.15) is 0 Å². The minimum Gasteiger partial charge on any atom is -0.457 e. The molecule has 6 nitrogen and oxygen atoms in total. The summed E-state index contributed by atoms with van der Waals surface area (Å²) in [5, 5.41) is 0.546. The Morgan fingerprint density at radius 2 is 1.23 bits per heavy atom. The van der Waals surface area contributed by atoms with Gasteiger partial charge in [-0.3, -0.25) is 0 Å². The maximum absolute atomic E-state index is 13.8. The van der Waals surface area contributed by atoms with E-state index in [4.69, 9.17) is 37.4 Å². The lowest BCUT2D eigenvalue weighted by molar-refractivity contribution is -0.141. The molecule has 0 amide bonds. The van der Waals surface area contributed by atoms with Crippen LogP contribution in [0.3, 0.4) is 0 Å². The molecule has 4 rings (SSSR count). The molecule has 0 saturated heterocycles. The van der Waals surface area contributed by atoms with E-state index in [1.165, 1.54) is 0 Å². The van der Waals surface area contributed by atoms with E-state index in [2.05, 4.69) is 0 Å². The molecule has 202 valence electrons. The summed E-state index contributed by atoms with van der Waals surface area (Å²) in [6, 6.07) is 23.9. The standard InChI is InChI=1S/C31H29Cl2NO5/c1-20-26(30(35)38-17-22-11-6-4-7-12-22)28(24-15-10-16-25(32)29(24)33)27(21(2)34(20)19-37-3)31(36)39-18-23-13-8-5-9-14-23/h4-16,28H,17-19H2,1-3H3. The van der Waals surface area contributed by atoms with Crippen molar-refractivity contribution in [3.63, 3.8) is 0 Å². The molecule has 0 bridgehead atoms. The van der Waals surface area contributed by atoms with Gasteiger partial charge in [0.2, 0.25) is 0 Å². The van der Waals surface area contributed by atoms with E-state index in [0.717, 1.165) is 11.1 Å². The third-order valence-electron chi connectivity index (χ3n) is 6.58. The second kappa shape index (κ2) is 13.0. The Bertz CT molecular complexity index is 1320. The summed E-state index contributed by atoms with van der Waals surface area (Å²) in [6.45, 7) is 3.82. The van der Waals surface area contributed by atoms with E-state index >= 15 is 0 Å². The number of esters is 2. The number of allylic oxidation sites excluding steroid dienone is 2. The highest BCUT2D eigenvalue weighted by molar-refractivity contribution is 6.42. The average Bonchev–Trinajstić information content (AvgIpc) is 2.95. The Morgan fingerprint density at radius 1 is 0.744 bits per heavy atom. The van der Waals surface area contributed by atoms with Gasteiger partial charge in [-0.05, 0) is 36.6 Å². The molecule has 3 aromatic carbocycles. The van der Waals surface area contributed by atoms with Gasteiger partial charge in [0.25, 0.3) is 0 Å². The lowest BCUT2D eigenvalue weighted by atomic mass is 9.79. The molecule has 1 aliphatic rings. The van der Waals surface area contributed by atoms with Crippen LogP contribution in [0.25, 0.3) is 0 Å². The quantitative estimate of drug-likeness (QED) is 0.259. The SMILES string of the molecule is COCN1C(C)=C(C(=O)OCc2ccccc2)C(c2cccc(Cl)c2Cl)C(C(=O)OCc2ccccc2)=C1C. The third-order valence-corrected chi connectivity index (χ3v) is 7.42. The normalized spacial score (nSPS) is 14.0. The molecular formula is C31H29Cl2NO5. The predicted molar refractivity (Wildman–Crippen MR) is 151 cm³/mol. The molecule has 1 heterocycles. The zero-order chi connectivity index (χ0) is 27.9. The Kier molecular flexibility index (Phi) is 9.46. The Hall–Kier alpha value is -3.58. The Morgan fingerprint density at radius 3 is 1.69 bits per heavy atom. The van der Waals surface area contributed by atoms with Crippen LogP contribution in [0.1, 0.15) is 36.5 Å². The molecular weight excluding hydrogens is 537 g/mol. The van der Waals surface area contributed by atoms with Crippen molar-refractivity contribution in [1.29, 1.82) is 0 Å². The summed E-state index contributed by atoms with van der Waals surface area (Å²) in [5.41, 5.74) is 3.83. The maximum Gasteiger partial charge on any atom is 0.337 e. The minimum absolute atomic E-state index is 0.0627. The summed E-state index contributed by atoms with van der Waals surface area (Å²) < 4.78 is 17.0. The van der Waals surface area contributed by atoms with Gasteiger partial charge >= 0.3 is 11.9 Å². The van der Waals surface area contributed by atoms with Crippen LogP contribution in [0.5, 0.6) is 0 Å². The second-order valence-electron chi connectivity index (χ2n) is 9.04. The highest BCUT2D eigenvalue weighted by Crippen LogP contribution is 2.46. The average molecular weight is 566 g/mol. The zero-order valence-corrected chi connectivity index (χ0v) is 23.5. The van der Waals surface area contributed by atoms with Crippen LogP contribution in [0.15, 0.2) is 101 Å². The first kappa shape index (κ1) is 28.4. The first-order valence-electron chi connectivity index (χ1n) is 12.4. The van der Waals surface area contributed by atoms with Gasteiger partial charge in [-0.25, -0.2) is 9.59 Å². The molecule has 0 aliphatic carbocycles. The maximum atomic E-state index is 13.8. The molecule has 0 saturated carbocycles. The van der Waals surface area contributed by atoms with E-state index < -0.39 is 17.9 Å². The van der Waals surface area contributed by atoms with Gasteiger partial charge in [0.05, 0.1) is 27.1 Å². The number of ether oxygens (including phenoxy) is 3. The first-order valence-corrected chi connectivity index (χ1v) is 13.1. The number of halogens is 2. The fourth-order valence-corrected chi connectivity index (χ4v) is 5.03. The molecule has 3 aromatic rings. The van der Waals surface area contributed by atoms with Gasteiger partial charge in [-0.15, -0.1) is 0 Å². The molecule has 0 unspecified atom stereocenters. The van der Waals surface area contributed by atoms with Gasteiger partial charge in [0.1, 0.15) is 19.9 Å². The number of hydrogen-bond acceptors (Lipinski definition) is 6. The highest BCUT2D eigenvalue weighted by Gasteiger charge is 2.41. The fraction of sp³-hybridized carbons (Fsp3) is 0.226. The zero-order valence-electron chi connectivity index (χ0n) is 21.9. The Labute approximate surface area is 238 Å². The van der Waals surface area contributed by atoms with Crippen LogP contribution in [0, 0.1) is 0 Å². The monoisotopic (exact) mass is 565 g/mol. The number of hydrogen-bond donors (Lipinski definition) is 0. The summed E-state index contributed by atoms with van der Waals surface area (Å²) in [5.74, 6) is -2.05. The molecule has 0 aromatic heterocycles. The van der Waals surface area contributed by atoms with Crippen molar-refractivity contribution < 1.29 is 23.8 Å². The van der Waals surface area contributed by atoms with Gasteiger partial charge in [0.15, 0.2) is 0 Å². The number of nitrogens with zero attached hydrogens (tertiary/aromatic N) is 1. The third kappa shape index (κ3) is 6.36. The van der Waals surface area contributed by atoms with E-state index in [9.17, 15) is 9.59 Å². The Balaban J connectivity index is 1.79. The second-order valence-corrected chi connectivity index (χ2v) is 9.83. The molecule has 0 fully saturated rings. The number of carbonyl (C=O) groups excluding carboxylic acids is 2. The van der Waals surface area contributed by atoms with Crippen LogP contribution in [0.4, 0.5) is 0 Å². The number of benzene rings is 3. The predicted octanol–water partition coefficient (Wildman–Crippen LogP) is 7.03. The lowest BCUT2D eigenvalue weighted by Gasteiger charge is -2.37. The number of methoxy groups -OCH3 is 1. The summed E-state index contributed by atoms with van der Waals surface area (Å²) in [6.07, 6.45) is 0. The van der Waals surface area contributed by atoms with Crippen LogP contribution in [-0.4, -0.2) is 30.7 Å². The van der Waals surface area contributed by atoms with Crippen LogP contribution in [-0.2, 0) is 37.0 Å². The van der Waals surface area contributed by atoms with Crippen molar-refractivity contribution in [2.24, 2.45) is 0 Å². The summed E-state index contributed by atoms with van der Waals surface area (Å²) >= 11 is 13.1. The van der Waals surface area contributed by atoms with Gasteiger partial charge in [0, 0.05) is 18.5 Å². The van der Waals surface area contributed by atoms with E-state index in [1.807, 2.05) is 60.7 Å². The summed E-state index contributed by atoms with van der Waals surface area (Å²) in [7, 11) is 1.54. The molecule has 39 heavy (non-hydrogen) atoms. The van der Waals surface area contributed by atoms with Crippen LogP contribution >= 0.6 is 23.2 Å². The minimum atomic E-state index is -0.879. The highest BCUT2D eigenvalue weighted by atomic mass is 35.5. The molecule has 1 aliphatic heterocycles. The van der Waals surface area contributed by atoms with E-state index in [-0.39, 0.29) is 36.1 Å². The number of rotatable bonds is 9. The van der Waals surface area contributed by atoms with Crippen molar-refractivity contribution in [1.82, 2.24) is 4.90 Å². The molecule has 0 N–H and O–H groups in total. The van der Waals surface area contributed by atoms with Crippen molar-refractivity contribution >= 4 is 35.1 Å². The van der Waals surface area contributed by atoms with Gasteiger partial charge < -0.3 is 19.1 Å². The molecule has 8 heteroatoms. The first-order chi connectivity index (χ1) is 18.8. The summed E-state index contributed by atoms with van der Waals surface area (Å²) in [4.78, 5) is 29.3. The fourth-order valence-electron chi connectivity index (χ4n) is 4.61.